The Morgan fingerprint density at radius 1 is 1.00 bits per heavy atom. The van der Waals surface area contributed by atoms with Gasteiger partial charge in [0.15, 0.2) is 0 Å². The number of halogens is 1. The molecule has 3 aromatic carbocycles. The number of anilines is 1. The highest BCUT2D eigenvalue weighted by molar-refractivity contribution is 7.92. The van der Waals surface area contributed by atoms with Gasteiger partial charge in [-0.2, -0.15) is 0 Å². The molecule has 1 aliphatic rings. The van der Waals surface area contributed by atoms with E-state index in [4.69, 9.17) is 16.3 Å². The summed E-state index contributed by atoms with van der Waals surface area (Å²) in [5, 5.41) is 3.56. The Hall–Kier alpha value is -3.56. The number of methoxy groups -OCH3 is 1. The van der Waals surface area contributed by atoms with E-state index in [0.29, 0.717) is 16.5 Å². The van der Waals surface area contributed by atoms with Crippen molar-refractivity contribution in [3.63, 3.8) is 0 Å². The molecule has 0 aromatic heterocycles. The number of para-hydroxylation sites is 1. The number of carbonyl (C=O) groups is 2. The van der Waals surface area contributed by atoms with Crippen molar-refractivity contribution < 1.29 is 22.7 Å². The molecule has 40 heavy (non-hydrogen) atoms. The summed E-state index contributed by atoms with van der Waals surface area (Å²) in [6.45, 7) is 1.25. The second kappa shape index (κ2) is 13.2. The monoisotopic (exact) mass is 583 g/mol. The topological polar surface area (TPSA) is 96.0 Å². The number of nitrogens with one attached hydrogen (secondary N) is 1. The Bertz CT molecular complexity index is 1410. The van der Waals surface area contributed by atoms with Crippen LogP contribution < -0.4 is 14.4 Å². The van der Waals surface area contributed by atoms with Gasteiger partial charge in [0, 0.05) is 17.6 Å². The van der Waals surface area contributed by atoms with Gasteiger partial charge >= 0.3 is 0 Å². The van der Waals surface area contributed by atoms with Gasteiger partial charge in [-0.1, -0.05) is 54.8 Å². The summed E-state index contributed by atoms with van der Waals surface area (Å²) in [4.78, 5) is 28.7. The molecule has 3 aromatic rings. The maximum absolute atomic E-state index is 14.0. The Labute approximate surface area is 240 Å². The number of amides is 2. The molecule has 212 valence electrons. The predicted molar refractivity (Wildman–Crippen MR) is 156 cm³/mol. The molecular formula is C30H34ClN3O5S. The molecule has 2 amide bonds. The number of sulfonamides is 1. The van der Waals surface area contributed by atoms with Crippen LogP contribution in [-0.4, -0.2) is 50.9 Å². The molecular weight excluding hydrogens is 550 g/mol. The minimum absolute atomic E-state index is 0.0124. The number of hydrogen-bond acceptors (Lipinski definition) is 5. The smallest absolute Gasteiger partial charge is 0.264 e. The number of hydrogen-bond donors (Lipinski definition) is 1. The van der Waals surface area contributed by atoms with Gasteiger partial charge in [0.1, 0.15) is 18.3 Å². The van der Waals surface area contributed by atoms with Crippen molar-refractivity contribution in [3.8, 4) is 5.75 Å². The van der Waals surface area contributed by atoms with Gasteiger partial charge in [0.2, 0.25) is 11.8 Å². The first-order valence-corrected chi connectivity index (χ1v) is 15.1. The van der Waals surface area contributed by atoms with Gasteiger partial charge in [0.25, 0.3) is 10.0 Å². The van der Waals surface area contributed by atoms with Gasteiger partial charge in [0.05, 0.1) is 17.7 Å². The maximum atomic E-state index is 14.0. The molecule has 1 aliphatic carbocycles. The van der Waals surface area contributed by atoms with Crippen LogP contribution in [0.15, 0.2) is 83.8 Å². The maximum Gasteiger partial charge on any atom is 0.264 e. The van der Waals surface area contributed by atoms with Crippen molar-refractivity contribution in [2.75, 3.05) is 18.0 Å². The van der Waals surface area contributed by atoms with Gasteiger partial charge < -0.3 is 15.0 Å². The summed E-state index contributed by atoms with van der Waals surface area (Å²) in [5.41, 5.74) is 1.06. The molecule has 1 saturated carbocycles. The van der Waals surface area contributed by atoms with Crippen LogP contribution in [0.25, 0.3) is 0 Å². The Morgan fingerprint density at radius 2 is 1.68 bits per heavy atom. The summed E-state index contributed by atoms with van der Waals surface area (Å²) in [6.07, 6.45) is 3.92. The highest BCUT2D eigenvalue weighted by Gasteiger charge is 2.33. The Kier molecular flexibility index (Phi) is 9.71. The lowest BCUT2D eigenvalue weighted by Crippen LogP contribution is -2.52. The quantitative estimate of drug-likeness (QED) is 0.342. The van der Waals surface area contributed by atoms with Crippen LogP contribution in [0.2, 0.25) is 5.02 Å². The van der Waals surface area contributed by atoms with Gasteiger partial charge in [-0.15, -0.1) is 0 Å². The molecule has 1 N–H and O–H groups in total. The first kappa shape index (κ1) is 29.4. The van der Waals surface area contributed by atoms with Crippen LogP contribution in [0.5, 0.6) is 5.75 Å². The molecule has 0 radical (unpaired) electrons. The van der Waals surface area contributed by atoms with E-state index in [0.717, 1.165) is 35.6 Å². The van der Waals surface area contributed by atoms with E-state index in [1.54, 1.807) is 67.6 Å². The first-order chi connectivity index (χ1) is 19.2. The van der Waals surface area contributed by atoms with E-state index in [1.165, 1.54) is 24.1 Å². The zero-order valence-corrected chi connectivity index (χ0v) is 24.2. The standard InChI is InChI=1S/C30H34ClN3O5S/c1-22(30(36)32-25-11-6-7-12-25)33(20-23-9-8-10-24(31)19-23)29(35)21-34(26-13-4-3-5-14-26)40(37,38)28-17-15-27(39-2)16-18-28/h3-5,8-10,13-19,22,25H,6-7,11-12,20-21H2,1-2H3,(H,32,36)/t22-/m0/s1. The lowest BCUT2D eigenvalue weighted by atomic mass is 10.1. The first-order valence-electron chi connectivity index (χ1n) is 13.2. The number of nitrogens with zero attached hydrogens (tertiary/aromatic N) is 2. The molecule has 8 nitrogen and oxygen atoms in total. The number of ether oxygens (including phenoxy) is 1. The number of rotatable bonds is 11. The second-order valence-corrected chi connectivity index (χ2v) is 12.1. The van der Waals surface area contributed by atoms with Crippen molar-refractivity contribution >= 4 is 39.1 Å². The zero-order valence-electron chi connectivity index (χ0n) is 22.6. The van der Waals surface area contributed by atoms with E-state index in [1.807, 2.05) is 6.07 Å². The van der Waals surface area contributed by atoms with Gasteiger partial charge in [-0.05, 0) is 73.9 Å². The highest BCUT2D eigenvalue weighted by Crippen LogP contribution is 2.26. The molecule has 0 spiro atoms. The lowest BCUT2D eigenvalue weighted by Gasteiger charge is -2.32. The van der Waals surface area contributed by atoms with Crippen LogP contribution in [0, 0.1) is 0 Å². The second-order valence-electron chi connectivity index (χ2n) is 9.84. The molecule has 0 heterocycles. The van der Waals surface area contributed by atoms with Crippen molar-refractivity contribution in [3.05, 3.63) is 89.4 Å². The minimum atomic E-state index is -4.14. The zero-order chi connectivity index (χ0) is 28.7. The van der Waals surface area contributed by atoms with Crippen LogP contribution in [0.4, 0.5) is 5.69 Å². The fourth-order valence-corrected chi connectivity index (χ4v) is 6.43. The molecule has 0 aliphatic heterocycles. The Balaban J connectivity index is 1.66. The molecule has 0 unspecified atom stereocenters. The van der Waals surface area contributed by atoms with Crippen LogP contribution in [0.3, 0.4) is 0 Å². The van der Waals surface area contributed by atoms with Crippen LogP contribution in [-0.2, 0) is 26.2 Å². The van der Waals surface area contributed by atoms with Crippen molar-refractivity contribution in [1.82, 2.24) is 10.2 Å². The van der Waals surface area contributed by atoms with E-state index in [2.05, 4.69) is 5.32 Å². The van der Waals surface area contributed by atoms with Gasteiger partial charge in [-0.3, -0.25) is 13.9 Å². The van der Waals surface area contributed by atoms with Gasteiger partial charge in [-0.25, -0.2) is 8.42 Å². The molecule has 0 bridgehead atoms. The van der Waals surface area contributed by atoms with Crippen molar-refractivity contribution in [2.24, 2.45) is 0 Å². The molecule has 0 saturated heterocycles. The predicted octanol–water partition coefficient (Wildman–Crippen LogP) is 5.02. The summed E-state index contributed by atoms with van der Waals surface area (Å²) in [7, 11) is -2.65. The number of carbonyl (C=O) groups excluding carboxylic acids is 2. The summed E-state index contributed by atoms with van der Waals surface area (Å²) in [5.74, 6) is -0.280. The summed E-state index contributed by atoms with van der Waals surface area (Å²) in [6, 6.07) is 20.7. The highest BCUT2D eigenvalue weighted by atomic mass is 35.5. The average Bonchev–Trinajstić information content (AvgIpc) is 3.47. The normalized spacial score (nSPS) is 14.4. The van der Waals surface area contributed by atoms with Crippen molar-refractivity contribution in [2.45, 2.75) is 56.1 Å². The third kappa shape index (κ3) is 7.14. The summed E-state index contributed by atoms with van der Waals surface area (Å²) >= 11 is 6.20. The number of benzene rings is 3. The fourth-order valence-electron chi connectivity index (χ4n) is 4.80. The minimum Gasteiger partial charge on any atom is -0.497 e. The van der Waals surface area contributed by atoms with Crippen molar-refractivity contribution in [1.29, 1.82) is 0 Å². The van der Waals surface area contributed by atoms with E-state index < -0.39 is 28.5 Å². The molecule has 1 fully saturated rings. The molecule has 1 atom stereocenters. The Morgan fingerprint density at radius 3 is 2.30 bits per heavy atom. The lowest BCUT2D eigenvalue weighted by molar-refractivity contribution is -0.139. The fraction of sp³-hybridized carbons (Fsp3) is 0.333. The third-order valence-corrected chi connectivity index (χ3v) is 9.10. The van der Waals surface area contributed by atoms with E-state index in [-0.39, 0.29) is 23.4 Å². The SMILES string of the molecule is COc1ccc(S(=O)(=O)N(CC(=O)N(Cc2cccc(Cl)c2)[C@@H](C)C(=O)NC2CCCC2)c2ccccc2)cc1. The third-order valence-electron chi connectivity index (χ3n) is 7.08. The van der Waals surface area contributed by atoms with Crippen LogP contribution in [0.1, 0.15) is 38.2 Å². The summed E-state index contributed by atoms with van der Waals surface area (Å²) < 4.78 is 33.9. The largest absolute Gasteiger partial charge is 0.497 e. The van der Waals surface area contributed by atoms with Crippen LogP contribution >= 0.6 is 11.6 Å². The molecule has 10 heteroatoms. The van der Waals surface area contributed by atoms with E-state index in [9.17, 15) is 18.0 Å². The average molecular weight is 584 g/mol. The van der Waals surface area contributed by atoms with E-state index >= 15 is 0 Å². The molecule has 4 rings (SSSR count).